The van der Waals surface area contributed by atoms with Gasteiger partial charge in [0.25, 0.3) is 0 Å². The molecule has 0 aliphatic carbocycles. The predicted octanol–water partition coefficient (Wildman–Crippen LogP) is 7.71. The van der Waals surface area contributed by atoms with Crippen molar-refractivity contribution in [1.82, 2.24) is 14.7 Å². The number of hydrogen-bond acceptors (Lipinski definition) is 8. The lowest BCUT2D eigenvalue weighted by atomic mass is 9.98. The lowest BCUT2D eigenvalue weighted by Crippen LogP contribution is -2.40. The number of thiophene rings is 1. The van der Waals surface area contributed by atoms with Crippen LogP contribution in [-0.2, 0) is 33.4 Å². The molecule has 0 saturated carbocycles. The van der Waals surface area contributed by atoms with Crippen LogP contribution in [0.5, 0.6) is 0 Å². The minimum Gasteiger partial charge on any atom is -0.337 e. The second-order valence-corrected chi connectivity index (χ2v) is 16.6. The Hall–Kier alpha value is -3.64. The number of piperidine rings is 1. The van der Waals surface area contributed by atoms with Crippen LogP contribution < -0.4 is 0 Å². The lowest BCUT2D eigenvalue weighted by Gasteiger charge is -2.32. The molecule has 1 saturated heterocycles. The van der Waals surface area contributed by atoms with Crippen LogP contribution in [-0.4, -0.2) is 77.5 Å². The molecule has 10 heteroatoms. The highest BCUT2D eigenvalue weighted by atomic mass is 32.2. The summed E-state index contributed by atoms with van der Waals surface area (Å²) in [6.45, 7) is 22.8. The summed E-state index contributed by atoms with van der Waals surface area (Å²) in [4.78, 5) is 44.1. The van der Waals surface area contributed by atoms with E-state index in [1.807, 2.05) is 80.1 Å². The highest BCUT2D eigenvalue weighted by Gasteiger charge is 2.28. The fourth-order valence-corrected chi connectivity index (χ4v) is 7.92. The Morgan fingerprint density at radius 1 is 1.18 bits per heavy atom. The van der Waals surface area contributed by atoms with E-state index in [0.29, 0.717) is 62.6 Å². The number of rotatable bonds is 12. The van der Waals surface area contributed by atoms with Gasteiger partial charge in [0.2, 0.25) is 11.6 Å². The van der Waals surface area contributed by atoms with Crippen LogP contribution in [0.4, 0.5) is 5.69 Å². The summed E-state index contributed by atoms with van der Waals surface area (Å²) >= 11 is 2.79. The van der Waals surface area contributed by atoms with Crippen LogP contribution in [0.1, 0.15) is 65.7 Å². The Morgan fingerprint density at radius 2 is 1.98 bits per heavy atom. The van der Waals surface area contributed by atoms with Gasteiger partial charge >= 0.3 is 0 Å². The third-order valence-corrected chi connectivity index (χ3v) is 10.5. The Morgan fingerprint density at radius 3 is 2.78 bits per heavy atom. The number of carbonyl (C=O) groups is 2. The number of benzene rings is 2. The normalized spacial score (nSPS) is 16.5. The molecule has 0 N–H and O–H groups in total. The Kier molecular flexibility index (Phi) is 12.6. The maximum atomic E-state index is 13.4. The van der Waals surface area contributed by atoms with E-state index < -0.39 is 0 Å². The van der Waals surface area contributed by atoms with E-state index in [4.69, 9.17) is 15.8 Å². The van der Waals surface area contributed by atoms with Crippen LogP contribution in [0.2, 0.25) is 0 Å². The van der Waals surface area contributed by atoms with Crippen molar-refractivity contribution in [2.75, 3.05) is 46.3 Å². The van der Waals surface area contributed by atoms with Gasteiger partial charge in [0, 0.05) is 58.5 Å². The summed E-state index contributed by atoms with van der Waals surface area (Å²) in [5.41, 5.74) is 2.30. The van der Waals surface area contributed by atoms with E-state index >= 15 is 0 Å². The second-order valence-electron chi connectivity index (χ2n) is 13.8. The summed E-state index contributed by atoms with van der Waals surface area (Å²) < 4.78 is 5.16. The number of likely N-dealkylation sites (N-methyl/N-ethyl adjacent to an activating group) is 1. The summed E-state index contributed by atoms with van der Waals surface area (Å²) in [7, 11) is 1.98. The third kappa shape index (κ3) is 10.2. The smallest absolute Gasteiger partial charge is 0.224 e. The number of ketones is 1. The van der Waals surface area contributed by atoms with E-state index in [9.17, 15) is 9.59 Å². The van der Waals surface area contributed by atoms with Gasteiger partial charge < -0.3 is 14.7 Å². The van der Waals surface area contributed by atoms with Crippen molar-refractivity contribution < 1.29 is 18.8 Å². The quantitative estimate of drug-likeness (QED) is 0.0365. The second kappa shape index (κ2) is 16.8. The fourth-order valence-electron chi connectivity index (χ4n) is 6.28. The zero-order valence-corrected chi connectivity index (χ0v) is 30.7. The molecule has 0 radical (unpaired) electrons. The van der Waals surface area contributed by atoms with E-state index in [0.717, 1.165) is 52.0 Å². The first-order valence-corrected chi connectivity index (χ1v) is 18.5. The first-order chi connectivity index (χ1) is 23.5. The van der Waals surface area contributed by atoms with E-state index in [-0.39, 0.29) is 28.8 Å². The van der Waals surface area contributed by atoms with Crippen LogP contribution >= 0.6 is 23.4 Å². The molecule has 1 fully saturated rings. The molecule has 1 amide bonds. The number of amides is 1. The Labute approximate surface area is 299 Å². The Bertz CT molecular complexity index is 1770. The molecule has 0 bridgehead atoms. The van der Waals surface area contributed by atoms with Crippen LogP contribution in [0, 0.1) is 24.3 Å². The van der Waals surface area contributed by atoms with Gasteiger partial charge in [-0.2, -0.15) is 11.3 Å². The molecule has 5 rings (SSSR count). The van der Waals surface area contributed by atoms with Gasteiger partial charge in [-0.15, -0.1) is 4.33 Å². The molecular formula is C39H46N4O4S2. The number of nitrogens with zero attached hydrogens (tertiary/aromatic N) is 4. The lowest BCUT2D eigenvalue weighted by molar-refractivity contribution is -0.152. The molecule has 49 heavy (non-hydrogen) atoms. The number of fused-ring (bicyclic) bond motifs is 2. The maximum Gasteiger partial charge on any atom is 0.224 e. The summed E-state index contributed by atoms with van der Waals surface area (Å²) in [6.07, 6.45) is 3.44. The molecule has 1 aromatic heterocycles. The van der Waals surface area contributed by atoms with E-state index in [2.05, 4.69) is 28.2 Å². The van der Waals surface area contributed by atoms with Crippen molar-refractivity contribution in [1.29, 1.82) is 0 Å². The Balaban J connectivity index is 1.09. The molecule has 1 atom stereocenters. The minimum absolute atomic E-state index is 0.0155. The molecule has 0 spiro atoms. The van der Waals surface area contributed by atoms with Gasteiger partial charge in [-0.05, 0) is 70.0 Å². The average molecular weight is 699 g/mol. The highest BCUT2D eigenvalue weighted by molar-refractivity contribution is 7.95. The van der Waals surface area contributed by atoms with Crippen molar-refractivity contribution >= 4 is 51.5 Å². The van der Waals surface area contributed by atoms with E-state index in [1.165, 1.54) is 23.4 Å². The standard InChI is InChI=1S/C39H46N4O4S2/c1-28(46-47-49-39(2,3)4)25-41(6)20-10-12-29-13-11-21-42(26-29)22-19-37(45)43-23-18-33-36(27-43)48-35(38(33)40-5)24-34(44)32-17-9-15-30-14-7-8-16-31(30)32/h7-9,14-17,29H,1,11,13,18-27H2,2-4,6H3. The first-order valence-electron chi connectivity index (χ1n) is 16.9. The zero-order chi connectivity index (χ0) is 35.0. The van der Waals surface area contributed by atoms with Gasteiger partial charge in [0.1, 0.15) is 0 Å². The van der Waals surface area contributed by atoms with Gasteiger partial charge in [-0.25, -0.2) is 4.85 Å². The number of likely N-dealkylation sites (tertiary alicyclic amines) is 1. The van der Waals surface area contributed by atoms with Gasteiger partial charge in [-0.1, -0.05) is 60.9 Å². The highest BCUT2D eigenvalue weighted by Crippen LogP contribution is 2.40. The molecule has 2 aliphatic rings. The molecular weight excluding hydrogens is 653 g/mol. The summed E-state index contributed by atoms with van der Waals surface area (Å²) in [5.74, 6) is 7.74. The van der Waals surface area contributed by atoms with Crippen molar-refractivity contribution in [3.63, 3.8) is 0 Å². The maximum absolute atomic E-state index is 13.4. The number of carbonyl (C=O) groups excluding carboxylic acids is 2. The third-order valence-electron chi connectivity index (χ3n) is 8.66. The van der Waals surface area contributed by atoms with Crippen molar-refractivity contribution in [3.8, 4) is 11.8 Å². The monoisotopic (exact) mass is 698 g/mol. The SMILES string of the molecule is [C-]#[N+]c1c(CC(=O)c2cccc3ccccc23)sc2c1CCN(C(=O)CCN1CCCC(C#CCN(C)CC(=C)OOSC(C)(C)C)C1)C2. The molecule has 1 unspecified atom stereocenters. The van der Waals surface area contributed by atoms with Crippen molar-refractivity contribution in [3.05, 3.63) is 87.1 Å². The number of hydrogen-bond donors (Lipinski definition) is 0. The molecule has 8 nitrogen and oxygen atoms in total. The molecule has 3 aromatic rings. The first kappa shape index (κ1) is 36.6. The van der Waals surface area contributed by atoms with Crippen LogP contribution in [0.25, 0.3) is 15.6 Å². The van der Waals surface area contributed by atoms with Crippen LogP contribution in [0.15, 0.2) is 54.8 Å². The summed E-state index contributed by atoms with van der Waals surface area (Å²) in [5, 5.41) is 1.96. The minimum atomic E-state index is -0.0571. The molecule has 258 valence electrons. The molecule has 2 aromatic carbocycles. The van der Waals surface area contributed by atoms with Gasteiger partial charge in [0.15, 0.2) is 11.5 Å². The zero-order valence-electron chi connectivity index (χ0n) is 29.0. The average Bonchev–Trinajstić information content (AvgIpc) is 3.42. The van der Waals surface area contributed by atoms with Crippen molar-refractivity contribution in [2.24, 2.45) is 5.92 Å². The largest absolute Gasteiger partial charge is 0.337 e. The summed E-state index contributed by atoms with van der Waals surface area (Å²) in [6, 6.07) is 13.7. The molecule has 2 aliphatic heterocycles. The van der Waals surface area contributed by atoms with Gasteiger partial charge in [-0.3, -0.25) is 14.5 Å². The predicted molar refractivity (Wildman–Crippen MR) is 199 cm³/mol. The fraction of sp³-hybridized carbons (Fsp3) is 0.462. The topological polar surface area (TPSA) is 66.7 Å². The van der Waals surface area contributed by atoms with E-state index in [1.54, 1.807) is 0 Å². The van der Waals surface area contributed by atoms with Crippen LogP contribution in [0.3, 0.4) is 0 Å². The molecule has 3 heterocycles. The number of Topliss-reactive ketones (excluding diaryl/α,β-unsaturated/α-hetero) is 1. The van der Waals surface area contributed by atoms with Gasteiger partial charge in [0.05, 0.1) is 38.2 Å². The van der Waals surface area contributed by atoms with Crippen molar-refractivity contribution in [2.45, 2.75) is 64.2 Å².